The molecule has 2 aromatic carbocycles. The molecule has 0 atom stereocenters. The van der Waals surface area contributed by atoms with Crippen molar-refractivity contribution in [2.24, 2.45) is 0 Å². The summed E-state index contributed by atoms with van der Waals surface area (Å²) in [5.41, 5.74) is 2.91. The number of hydrogen-bond donors (Lipinski definition) is 0. The summed E-state index contributed by atoms with van der Waals surface area (Å²) in [7, 11) is 0. The number of fused-ring (bicyclic) bond motifs is 1. The molecule has 2 nitrogen and oxygen atoms in total. The van der Waals surface area contributed by atoms with E-state index in [0.717, 1.165) is 21.0 Å². The molecule has 0 N–H and O–H groups in total. The Hall–Kier alpha value is -1.87. The van der Waals surface area contributed by atoms with Gasteiger partial charge in [-0.15, -0.1) is 0 Å². The van der Waals surface area contributed by atoms with Crippen molar-refractivity contribution in [1.82, 2.24) is 0 Å². The van der Waals surface area contributed by atoms with E-state index in [0.29, 0.717) is 12.2 Å². The first kappa shape index (κ1) is 13.1. The zero-order chi connectivity index (χ0) is 14.1. The normalized spacial score (nSPS) is 10.9. The van der Waals surface area contributed by atoms with Crippen molar-refractivity contribution < 1.29 is 9.21 Å². The summed E-state index contributed by atoms with van der Waals surface area (Å²) < 4.78 is 6.53. The highest BCUT2D eigenvalue weighted by atomic mass is 79.9. The Bertz CT molecular complexity index is 769. The third-order valence-electron chi connectivity index (χ3n) is 3.26. The van der Waals surface area contributed by atoms with Crippen LogP contribution in [0.2, 0.25) is 0 Å². The number of rotatable bonds is 3. The Morgan fingerprint density at radius 1 is 1.15 bits per heavy atom. The number of Topliss-reactive ketones (excluding diaryl/α,β-unsaturated/α-hetero) is 1. The molecule has 0 saturated heterocycles. The van der Waals surface area contributed by atoms with Crippen LogP contribution in [-0.4, -0.2) is 5.78 Å². The number of para-hydroxylation sites is 1. The smallest absolute Gasteiger partial charge is 0.202 e. The summed E-state index contributed by atoms with van der Waals surface area (Å²) in [6.07, 6.45) is 0.359. The van der Waals surface area contributed by atoms with Crippen LogP contribution in [-0.2, 0) is 6.42 Å². The van der Waals surface area contributed by atoms with E-state index >= 15 is 0 Å². The lowest BCUT2D eigenvalue weighted by Crippen LogP contribution is -2.01. The molecule has 0 fully saturated rings. The Balaban J connectivity index is 1.89. The van der Waals surface area contributed by atoms with Gasteiger partial charge in [-0.2, -0.15) is 0 Å². The predicted molar refractivity (Wildman–Crippen MR) is 83.1 cm³/mol. The average Bonchev–Trinajstić information content (AvgIpc) is 2.87. The number of benzene rings is 2. The maximum Gasteiger partial charge on any atom is 0.202 e. The van der Waals surface area contributed by atoms with Crippen molar-refractivity contribution in [3.63, 3.8) is 0 Å². The van der Waals surface area contributed by atoms with Gasteiger partial charge >= 0.3 is 0 Å². The lowest BCUT2D eigenvalue weighted by atomic mass is 10.1. The van der Waals surface area contributed by atoms with Crippen molar-refractivity contribution in [3.05, 3.63) is 69.9 Å². The van der Waals surface area contributed by atoms with E-state index in [4.69, 9.17) is 4.42 Å². The van der Waals surface area contributed by atoms with Crippen molar-refractivity contribution >= 4 is 32.7 Å². The molecular formula is C17H13BrO2. The SMILES string of the molecule is Cc1ccc(CC(=O)c2cc3cccc(Br)c3o2)cc1. The van der Waals surface area contributed by atoms with E-state index < -0.39 is 0 Å². The third kappa shape index (κ3) is 2.54. The Morgan fingerprint density at radius 3 is 2.60 bits per heavy atom. The highest BCUT2D eigenvalue weighted by Gasteiger charge is 2.14. The van der Waals surface area contributed by atoms with Gasteiger partial charge in [-0.1, -0.05) is 42.0 Å². The standard InChI is InChI=1S/C17H13BrO2/c1-11-5-7-12(8-6-11)9-15(19)16-10-13-3-2-4-14(18)17(13)20-16/h2-8,10H,9H2,1H3. The Labute approximate surface area is 125 Å². The number of carbonyl (C=O) groups excluding carboxylic acids is 1. The molecule has 3 heteroatoms. The van der Waals surface area contributed by atoms with Gasteiger partial charge in [-0.25, -0.2) is 0 Å². The number of ketones is 1. The van der Waals surface area contributed by atoms with Crippen LogP contribution in [0.5, 0.6) is 0 Å². The molecule has 0 aliphatic carbocycles. The van der Waals surface area contributed by atoms with Crippen LogP contribution >= 0.6 is 15.9 Å². The topological polar surface area (TPSA) is 30.2 Å². The summed E-state index contributed by atoms with van der Waals surface area (Å²) in [5, 5.41) is 0.937. The highest BCUT2D eigenvalue weighted by Crippen LogP contribution is 2.27. The molecule has 0 radical (unpaired) electrons. The van der Waals surface area contributed by atoms with Gasteiger partial charge in [-0.3, -0.25) is 4.79 Å². The maximum absolute atomic E-state index is 12.3. The fourth-order valence-electron chi connectivity index (χ4n) is 2.14. The second kappa shape index (κ2) is 5.25. The fourth-order valence-corrected chi connectivity index (χ4v) is 2.61. The molecule has 0 saturated carbocycles. The lowest BCUT2D eigenvalue weighted by Gasteiger charge is -1.99. The van der Waals surface area contributed by atoms with Crippen LogP contribution in [0.3, 0.4) is 0 Å². The van der Waals surface area contributed by atoms with Gasteiger partial charge in [0.05, 0.1) is 4.47 Å². The first-order valence-corrected chi connectivity index (χ1v) is 7.19. The first-order chi connectivity index (χ1) is 9.63. The highest BCUT2D eigenvalue weighted by molar-refractivity contribution is 9.10. The number of aryl methyl sites for hydroxylation is 1. The van der Waals surface area contributed by atoms with Gasteiger partial charge < -0.3 is 4.42 Å². The molecule has 0 aliphatic rings. The molecule has 100 valence electrons. The largest absolute Gasteiger partial charge is 0.452 e. The molecule has 1 heterocycles. The summed E-state index contributed by atoms with van der Waals surface area (Å²) in [6.45, 7) is 2.03. The molecule has 0 unspecified atom stereocenters. The Kier molecular flexibility index (Phi) is 3.45. The van der Waals surface area contributed by atoms with E-state index in [9.17, 15) is 4.79 Å². The van der Waals surface area contributed by atoms with E-state index in [2.05, 4.69) is 15.9 Å². The second-order valence-electron chi connectivity index (χ2n) is 4.85. The van der Waals surface area contributed by atoms with Crippen molar-refractivity contribution in [2.45, 2.75) is 13.3 Å². The van der Waals surface area contributed by atoms with Gasteiger partial charge in [0.15, 0.2) is 5.76 Å². The minimum Gasteiger partial charge on any atom is -0.452 e. The molecule has 0 spiro atoms. The maximum atomic E-state index is 12.3. The zero-order valence-corrected chi connectivity index (χ0v) is 12.6. The lowest BCUT2D eigenvalue weighted by molar-refractivity contribution is 0.0968. The van der Waals surface area contributed by atoms with Crippen LogP contribution in [0.4, 0.5) is 0 Å². The van der Waals surface area contributed by atoms with Gasteiger partial charge in [0, 0.05) is 11.8 Å². The third-order valence-corrected chi connectivity index (χ3v) is 3.88. The summed E-state index contributed by atoms with van der Waals surface area (Å²) >= 11 is 3.43. The van der Waals surface area contributed by atoms with E-state index in [1.165, 1.54) is 5.56 Å². The van der Waals surface area contributed by atoms with Crippen molar-refractivity contribution in [1.29, 1.82) is 0 Å². The number of hydrogen-bond acceptors (Lipinski definition) is 2. The first-order valence-electron chi connectivity index (χ1n) is 6.40. The van der Waals surface area contributed by atoms with Crippen LogP contribution in [0.15, 0.2) is 57.4 Å². The zero-order valence-electron chi connectivity index (χ0n) is 11.0. The van der Waals surface area contributed by atoms with Crippen LogP contribution in [0.1, 0.15) is 21.7 Å². The molecule has 0 bridgehead atoms. The van der Waals surface area contributed by atoms with Crippen LogP contribution in [0, 0.1) is 6.92 Å². The monoisotopic (exact) mass is 328 g/mol. The van der Waals surface area contributed by atoms with Crippen molar-refractivity contribution in [2.75, 3.05) is 0 Å². The molecule has 3 rings (SSSR count). The molecule has 3 aromatic rings. The van der Waals surface area contributed by atoms with Crippen LogP contribution in [0.25, 0.3) is 11.0 Å². The molecule has 20 heavy (non-hydrogen) atoms. The van der Waals surface area contributed by atoms with Crippen LogP contribution < -0.4 is 0 Å². The van der Waals surface area contributed by atoms with Gasteiger partial charge in [0.25, 0.3) is 0 Å². The summed E-state index contributed by atoms with van der Waals surface area (Å²) in [6, 6.07) is 15.5. The number of furan rings is 1. The Morgan fingerprint density at radius 2 is 1.90 bits per heavy atom. The second-order valence-corrected chi connectivity index (χ2v) is 5.71. The van der Waals surface area contributed by atoms with E-state index in [1.807, 2.05) is 49.4 Å². The summed E-state index contributed by atoms with van der Waals surface area (Å²) in [5.74, 6) is 0.407. The molecule has 1 aromatic heterocycles. The van der Waals surface area contributed by atoms with E-state index in [1.54, 1.807) is 6.07 Å². The quantitative estimate of drug-likeness (QED) is 0.638. The molecular weight excluding hydrogens is 316 g/mol. The van der Waals surface area contributed by atoms with Gasteiger partial charge in [0.1, 0.15) is 5.58 Å². The van der Waals surface area contributed by atoms with Gasteiger partial charge in [-0.05, 0) is 40.5 Å². The minimum absolute atomic E-state index is 0.00282. The predicted octanol–water partition coefficient (Wildman–Crippen LogP) is 4.93. The van der Waals surface area contributed by atoms with Gasteiger partial charge in [0.2, 0.25) is 5.78 Å². The van der Waals surface area contributed by atoms with Crippen molar-refractivity contribution in [3.8, 4) is 0 Å². The number of halogens is 1. The minimum atomic E-state index is -0.00282. The fraction of sp³-hybridized carbons (Fsp3) is 0.118. The molecule has 0 aliphatic heterocycles. The average molecular weight is 329 g/mol. The summed E-state index contributed by atoms with van der Waals surface area (Å²) in [4.78, 5) is 12.3. The number of carbonyl (C=O) groups is 1. The molecule has 0 amide bonds. The van der Waals surface area contributed by atoms with E-state index in [-0.39, 0.29) is 5.78 Å².